The first-order valence-corrected chi connectivity index (χ1v) is 5.77. The summed E-state index contributed by atoms with van der Waals surface area (Å²) in [5.74, 6) is 0. The number of hydrogen-bond donors (Lipinski definition) is 0. The van der Waals surface area contributed by atoms with E-state index < -0.39 is 0 Å². The number of hydrogen-bond acceptors (Lipinski definition) is 2. The molecule has 0 amide bonds. The summed E-state index contributed by atoms with van der Waals surface area (Å²) in [4.78, 5) is 0. The van der Waals surface area contributed by atoms with Crippen molar-refractivity contribution in [2.45, 2.75) is 57.7 Å². The van der Waals surface area contributed by atoms with Crippen molar-refractivity contribution < 1.29 is 9.47 Å². The van der Waals surface area contributed by atoms with Gasteiger partial charge in [0.15, 0.2) is 0 Å². The third kappa shape index (κ3) is 1.59. The molecule has 1 rings (SSSR count). The van der Waals surface area contributed by atoms with Crippen molar-refractivity contribution in [1.29, 1.82) is 0 Å². The third-order valence-electron chi connectivity index (χ3n) is 3.79. The van der Waals surface area contributed by atoms with Gasteiger partial charge in [0.05, 0.1) is 24.4 Å². The summed E-state index contributed by atoms with van der Waals surface area (Å²) in [6.07, 6.45) is 3.79. The lowest BCUT2D eigenvalue weighted by atomic mass is 9.74. The summed E-state index contributed by atoms with van der Waals surface area (Å²) < 4.78 is 12.0. The monoisotopic (exact) mass is 199 g/mol. The van der Waals surface area contributed by atoms with E-state index in [0.29, 0.717) is 6.61 Å². The van der Waals surface area contributed by atoms with Crippen LogP contribution in [0, 0.1) is 6.92 Å². The van der Waals surface area contributed by atoms with Gasteiger partial charge >= 0.3 is 0 Å². The Labute approximate surface area is 88.0 Å². The molecule has 1 unspecified atom stereocenters. The quantitative estimate of drug-likeness (QED) is 0.693. The van der Waals surface area contributed by atoms with Crippen LogP contribution in [0.5, 0.6) is 0 Å². The van der Waals surface area contributed by atoms with Gasteiger partial charge in [-0.1, -0.05) is 27.7 Å². The smallest absolute Gasteiger partial charge is 0.0969 e. The van der Waals surface area contributed by atoms with Crippen molar-refractivity contribution in [2.75, 3.05) is 13.2 Å². The Morgan fingerprint density at radius 1 is 0.929 bits per heavy atom. The van der Waals surface area contributed by atoms with Gasteiger partial charge in [0.25, 0.3) is 0 Å². The largest absolute Gasteiger partial charge is 0.370 e. The lowest BCUT2D eigenvalue weighted by Gasteiger charge is -2.52. The molecule has 14 heavy (non-hydrogen) atoms. The van der Waals surface area contributed by atoms with Gasteiger partial charge in [-0.05, 0) is 25.7 Å². The van der Waals surface area contributed by atoms with Crippen molar-refractivity contribution in [1.82, 2.24) is 0 Å². The Kier molecular flexibility index (Phi) is 3.96. The zero-order valence-electron chi connectivity index (χ0n) is 9.77. The Morgan fingerprint density at radius 3 is 1.64 bits per heavy atom. The van der Waals surface area contributed by atoms with Gasteiger partial charge in [-0.15, -0.1) is 0 Å². The second kappa shape index (κ2) is 4.63. The average molecular weight is 199 g/mol. The lowest BCUT2D eigenvalue weighted by Crippen LogP contribution is -2.60. The van der Waals surface area contributed by atoms with Gasteiger partial charge in [0.2, 0.25) is 0 Å². The average Bonchev–Trinajstić information content (AvgIpc) is 2.28. The first-order chi connectivity index (χ1) is 6.70. The Hall–Kier alpha value is -0.0800. The predicted molar refractivity (Wildman–Crippen MR) is 58.2 cm³/mol. The normalized spacial score (nSPS) is 24.9. The standard InChI is InChI=1S/C12H23O2/c1-5-11(6-2)12(7-3,8-4)14-10-9-13-11/h1,5-10H2,2-4H3. The number of rotatable bonds is 4. The van der Waals surface area contributed by atoms with Gasteiger partial charge in [0.1, 0.15) is 0 Å². The molecular weight excluding hydrogens is 176 g/mol. The van der Waals surface area contributed by atoms with E-state index in [2.05, 4.69) is 27.7 Å². The van der Waals surface area contributed by atoms with Crippen LogP contribution < -0.4 is 0 Å². The molecule has 0 aromatic heterocycles. The number of ether oxygens (including phenoxy) is 2. The van der Waals surface area contributed by atoms with Crippen molar-refractivity contribution in [3.63, 3.8) is 0 Å². The van der Waals surface area contributed by atoms with Gasteiger partial charge in [-0.2, -0.15) is 0 Å². The molecular formula is C12H23O2. The van der Waals surface area contributed by atoms with Crippen LogP contribution in [-0.2, 0) is 9.47 Å². The highest BCUT2D eigenvalue weighted by Crippen LogP contribution is 2.43. The molecule has 2 nitrogen and oxygen atoms in total. The first-order valence-electron chi connectivity index (χ1n) is 5.77. The van der Waals surface area contributed by atoms with Crippen molar-refractivity contribution in [2.24, 2.45) is 0 Å². The highest BCUT2D eigenvalue weighted by molar-refractivity contribution is 5.02. The van der Waals surface area contributed by atoms with Crippen molar-refractivity contribution in [3.05, 3.63) is 6.92 Å². The second-order valence-electron chi connectivity index (χ2n) is 4.00. The fraction of sp³-hybridized carbons (Fsp3) is 0.917. The molecule has 0 bridgehead atoms. The highest BCUT2D eigenvalue weighted by atomic mass is 16.6. The Bertz CT molecular complexity index is 149. The van der Waals surface area contributed by atoms with Gasteiger partial charge < -0.3 is 9.47 Å². The summed E-state index contributed by atoms with van der Waals surface area (Å²) >= 11 is 0. The van der Waals surface area contributed by atoms with Gasteiger partial charge in [-0.3, -0.25) is 0 Å². The molecule has 83 valence electrons. The summed E-state index contributed by atoms with van der Waals surface area (Å²) in [5.41, 5.74) is -0.267. The van der Waals surface area contributed by atoms with Gasteiger partial charge in [0, 0.05) is 0 Å². The molecule has 1 saturated heterocycles. The van der Waals surface area contributed by atoms with Crippen LogP contribution in [-0.4, -0.2) is 24.4 Å². The molecule has 1 heterocycles. The van der Waals surface area contributed by atoms with E-state index in [1.54, 1.807) is 0 Å². The lowest BCUT2D eigenvalue weighted by molar-refractivity contribution is -0.263. The molecule has 1 fully saturated rings. The van der Waals surface area contributed by atoms with Crippen LogP contribution in [0.15, 0.2) is 0 Å². The molecule has 0 aromatic rings. The van der Waals surface area contributed by atoms with Crippen LogP contribution in [0.25, 0.3) is 0 Å². The van der Waals surface area contributed by atoms with Crippen LogP contribution in [0.2, 0.25) is 0 Å². The predicted octanol–water partition coefficient (Wildman–Crippen LogP) is 2.96. The Morgan fingerprint density at radius 2 is 1.36 bits per heavy atom. The molecule has 2 heteroatoms. The molecule has 0 spiro atoms. The topological polar surface area (TPSA) is 18.5 Å². The molecule has 0 N–H and O–H groups in total. The van der Waals surface area contributed by atoms with Crippen LogP contribution in [0.1, 0.15) is 46.5 Å². The van der Waals surface area contributed by atoms with Crippen LogP contribution in [0.3, 0.4) is 0 Å². The van der Waals surface area contributed by atoms with E-state index in [-0.39, 0.29) is 11.2 Å². The zero-order valence-corrected chi connectivity index (χ0v) is 9.77. The summed E-state index contributed by atoms with van der Waals surface area (Å²) in [6, 6.07) is 0. The molecule has 0 saturated carbocycles. The van der Waals surface area contributed by atoms with Crippen molar-refractivity contribution in [3.8, 4) is 0 Å². The molecule has 0 aromatic carbocycles. The summed E-state index contributed by atoms with van der Waals surface area (Å²) in [7, 11) is 0. The maximum absolute atomic E-state index is 6.00. The van der Waals surface area contributed by atoms with E-state index in [4.69, 9.17) is 9.47 Å². The fourth-order valence-corrected chi connectivity index (χ4v) is 2.74. The second-order valence-corrected chi connectivity index (χ2v) is 4.00. The Balaban J connectivity index is 2.96. The van der Waals surface area contributed by atoms with E-state index in [1.807, 2.05) is 0 Å². The van der Waals surface area contributed by atoms with E-state index in [9.17, 15) is 0 Å². The molecule has 1 aliphatic heterocycles. The summed E-state index contributed by atoms with van der Waals surface area (Å²) in [5, 5.41) is 0. The molecule has 0 aliphatic carbocycles. The molecule has 1 aliphatic rings. The SMILES string of the molecule is [CH2]CC1(CC)OCCOC1(CC)CC. The summed E-state index contributed by atoms with van der Waals surface area (Å²) in [6.45, 7) is 12.0. The minimum Gasteiger partial charge on any atom is -0.370 e. The van der Waals surface area contributed by atoms with E-state index in [0.717, 1.165) is 32.3 Å². The molecule has 1 radical (unpaired) electrons. The van der Waals surface area contributed by atoms with Crippen LogP contribution in [0.4, 0.5) is 0 Å². The van der Waals surface area contributed by atoms with Gasteiger partial charge in [-0.25, -0.2) is 0 Å². The van der Waals surface area contributed by atoms with Crippen LogP contribution >= 0.6 is 0 Å². The van der Waals surface area contributed by atoms with E-state index >= 15 is 0 Å². The fourth-order valence-electron chi connectivity index (χ4n) is 2.74. The maximum Gasteiger partial charge on any atom is 0.0969 e. The zero-order chi connectivity index (χ0) is 10.7. The first kappa shape index (κ1) is 12.0. The minimum absolute atomic E-state index is 0.109. The third-order valence-corrected chi connectivity index (χ3v) is 3.79. The molecule has 1 atom stereocenters. The highest BCUT2D eigenvalue weighted by Gasteiger charge is 2.50. The maximum atomic E-state index is 6.00. The van der Waals surface area contributed by atoms with Crippen molar-refractivity contribution >= 4 is 0 Å². The minimum atomic E-state index is -0.158. The van der Waals surface area contributed by atoms with E-state index in [1.165, 1.54) is 0 Å².